The van der Waals surface area contributed by atoms with E-state index in [1.54, 1.807) is 11.3 Å². The van der Waals surface area contributed by atoms with E-state index in [-0.39, 0.29) is 17.2 Å². The van der Waals surface area contributed by atoms with Crippen LogP contribution in [0.15, 0.2) is 36.5 Å². The summed E-state index contributed by atoms with van der Waals surface area (Å²) in [5.74, 6) is -0.00498. The van der Waals surface area contributed by atoms with Crippen molar-refractivity contribution in [1.29, 1.82) is 0 Å². The summed E-state index contributed by atoms with van der Waals surface area (Å²) < 4.78 is 0. The molecule has 3 nitrogen and oxygen atoms in total. The summed E-state index contributed by atoms with van der Waals surface area (Å²) in [6.45, 7) is 2.08. The smallest absolute Gasteiger partial charge is 0.224 e. The van der Waals surface area contributed by atoms with Crippen LogP contribution < -0.4 is 5.73 Å². The number of primary amides is 1. The topological polar surface area (TPSA) is 56.0 Å². The number of nitrogens with two attached hydrogens (primary N) is 1. The summed E-state index contributed by atoms with van der Waals surface area (Å²) in [4.78, 5) is 17.2. The van der Waals surface area contributed by atoms with Crippen molar-refractivity contribution in [2.75, 3.05) is 0 Å². The average Bonchev–Trinajstić information content (AvgIpc) is 3.10. The highest BCUT2D eigenvalue weighted by Crippen LogP contribution is 2.56. The third-order valence-electron chi connectivity index (χ3n) is 4.08. The van der Waals surface area contributed by atoms with Gasteiger partial charge in [-0.15, -0.1) is 11.3 Å². The molecule has 1 aromatic carbocycles. The molecule has 3 rings (SSSR count). The highest BCUT2D eigenvalue weighted by molar-refractivity contribution is 7.15. The van der Waals surface area contributed by atoms with Crippen LogP contribution in [0.3, 0.4) is 0 Å². The van der Waals surface area contributed by atoms with Crippen molar-refractivity contribution in [1.82, 2.24) is 4.98 Å². The van der Waals surface area contributed by atoms with E-state index in [4.69, 9.17) is 5.73 Å². The average molecular weight is 272 g/mol. The van der Waals surface area contributed by atoms with Crippen LogP contribution in [0.1, 0.15) is 30.6 Å². The van der Waals surface area contributed by atoms with Gasteiger partial charge in [-0.2, -0.15) is 0 Å². The predicted octanol–water partition coefficient (Wildman–Crippen LogP) is 3.18. The van der Waals surface area contributed by atoms with E-state index in [9.17, 15) is 4.79 Å². The van der Waals surface area contributed by atoms with Gasteiger partial charge in [0.05, 0.1) is 5.41 Å². The molecule has 1 aromatic heterocycles. The first-order valence-electron chi connectivity index (χ1n) is 6.44. The summed E-state index contributed by atoms with van der Waals surface area (Å²) >= 11 is 1.66. The Kier molecular flexibility index (Phi) is 2.90. The molecule has 1 atom stereocenters. The molecule has 0 aliphatic heterocycles. The highest BCUT2D eigenvalue weighted by Gasteiger charge is 2.53. The molecule has 1 heterocycles. The van der Waals surface area contributed by atoms with Crippen LogP contribution in [0.4, 0.5) is 0 Å². The fourth-order valence-electron chi connectivity index (χ4n) is 2.50. The van der Waals surface area contributed by atoms with Gasteiger partial charge in [-0.05, 0) is 12.8 Å². The second-order valence-corrected chi connectivity index (χ2v) is 6.24. The molecule has 0 spiro atoms. The van der Waals surface area contributed by atoms with Gasteiger partial charge in [0, 0.05) is 22.6 Å². The van der Waals surface area contributed by atoms with E-state index < -0.39 is 0 Å². The quantitative estimate of drug-likeness (QED) is 0.929. The minimum absolute atomic E-state index is 0.167. The van der Waals surface area contributed by atoms with Crippen molar-refractivity contribution < 1.29 is 4.79 Å². The number of carbonyl (C=O) groups is 1. The largest absolute Gasteiger partial charge is 0.369 e. The molecular formula is C15H16N2OS. The van der Waals surface area contributed by atoms with E-state index in [1.165, 1.54) is 0 Å². The Labute approximate surface area is 116 Å². The molecule has 1 saturated carbocycles. The molecule has 98 valence electrons. The van der Waals surface area contributed by atoms with E-state index in [1.807, 2.05) is 36.5 Å². The van der Waals surface area contributed by atoms with Crippen LogP contribution in [0.5, 0.6) is 0 Å². The summed E-state index contributed by atoms with van der Waals surface area (Å²) in [6.07, 6.45) is 3.70. The second-order valence-electron chi connectivity index (χ2n) is 5.18. The number of rotatable bonds is 4. The Morgan fingerprint density at radius 3 is 2.63 bits per heavy atom. The number of benzene rings is 1. The van der Waals surface area contributed by atoms with E-state index >= 15 is 0 Å². The van der Waals surface area contributed by atoms with Crippen LogP contribution in [0.25, 0.3) is 10.6 Å². The number of thiazole rings is 1. The number of hydrogen-bond acceptors (Lipinski definition) is 3. The number of carbonyl (C=O) groups excluding carboxylic acids is 1. The summed E-state index contributed by atoms with van der Waals surface area (Å²) in [7, 11) is 0. The van der Waals surface area contributed by atoms with Gasteiger partial charge >= 0.3 is 0 Å². The molecular weight excluding hydrogens is 256 g/mol. The van der Waals surface area contributed by atoms with Crippen LogP contribution >= 0.6 is 11.3 Å². The van der Waals surface area contributed by atoms with Crippen molar-refractivity contribution in [3.63, 3.8) is 0 Å². The Morgan fingerprint density at radius 2 is 2.05 bits per heavy atom. The zero-order valence-electron chi connectivity index (χ0n) is 10.8. The second kappa shape index (κ2) is 4.46. The van der Waals surface area contributed by atoms with Gasteiger partial charge in [0.25, 0.3) is 0 Å². The maximum atomic E-state index is 11.6. The fourth-order valence-corrected chi connectivity index (χ4v) is 3.59. The minimum Gasteiger partial charge on any atom is -0.369 e. The van der Waals surface area contributed by atoms with Crippen molar-refractivity contribution >= 4 is 17.2 Å². The molecule has 1 aliphatic rings. The van der Waals surface area contributed by atoms with Gasteiger partial charge < -0.3 is 5.73 Å². The molecule has 1 aliphatic carbocycles. The molecule has 0 bridgehead atoms. The summed E-state index contributed by atoms with van der Waals surface area (Å²) in [5, 5.41) is 1.00. The van der Waals surface area contributed by atoms with Crippen LogP contribution in [0.2, 0.25) is 0 Å². The van der Waals surface area contributed by atoms with Gasteiger partial charge in [0.15, 0.2) is 0 Å². The van der Waals surface area contributed by atoms with E-state index in [0.717, 1.165) is 28.3 Å². The molecule has 0 radical (unpaired) electrons. The van der Waals surface area contributed by atoms with Crippen molar-refractivity contribution in [3.8, 4) is 10.6 Å². The lowest BCUT2D eigenvalue weighted by atomic mass is 9.89. The van der Waals surface area contributed by atoms with Crippen LogP contribution in [0, 0.1) is 5.41 Å². The summed E-state index contributed by atoms with van der Waals surface area (Å²) in [5.41, 5.74) is 6.34. The van der Waals surface area contributed by atoms with Crippen LogP contribution in [-0.4, -0.2) is 10.9 Å². The Morgan fingerprint density at radius 1 is 1.37 bits per heavy atom. The lowest BCUT2D eigenvalue weighted by molar-refractivity contribution is -0.123. The predicted molar refractivity (Wildman–Crippen MR) is 76.8 cm³/mol. The Hall–Kier alpha value is -1.68. The lowest BCUT2D eigenvalue weighted by Gasteiger charge is -2.17. The third-order valence-corrected chi connectivity index (χ3v) is 5.31. The molecule has 1 fully saturated rings. The fraction of sp³-hybridized carbons (Fsp3) is 0.333. The van der Waals surface area contributed by atoms with Crippen LogP contribution in [-0.2, 0) is 4.79 Å². The maximum Gasteiger partial charge on any atom is 0.224 e. The molecule has 0 saturated heterocycles. The van der Waals surface area contributed by atoms with E-state index in [2.05, 4.69) is 11.9 Å². The van der Waals surface area contributed by atoms with Gasteiger partial charge in [0.2, 0.25) is 5.91 Å². The van der Waals surface area contributed by atoms with Gasteiger partial charge in [0.1, 0.15) is 5.01 Å². The van der Waals surface area contributed by atoms with Gasteiger partial charge in [-0.25, -0.2) is 4.98 Å². The standard InChI is InChI=1S/C15H16N2OS/c1-10(15(7-8-15)14(16)18)12-9-17-13(19-12)11-5-3-2-4-6-11/h2-6,9-10H,7-8H2,1H3,(H2,16,18)/t10-/m0/s1. The molecule has 4 heteroatoms. The molecule has 1 amide bonds. The molecule has 2 aromatic rings. The summed E-state index contributed by atoms with van der Waals surface area (Å²) in [6, 6.07) is 10.1. The Balaban J connectivity index is 1.88. The molecule has 2 N–H and O–H groups in total. The SMILES string of the molecule is C[C@@H](c1cnc(-c2ccccc2)s1)C1(C(N)=O)CC1. The van der Waals surface area contributed by atoms with Crippen molar-refractivity contribution in [2.45, 2.75) is 25.7 Å². The molecule has 0 unspecified atom stereocenters. The minimum atomic E-state index is -0.319. The monoisotopic (exact) mass is 272 g/mol. The first kappa shape index (κ1) is 12.4. The normalized spacial score (nSPS) is 17.9. The van der Waals surface area contributed by atoms with Gasteiger partial charge in [-0.1, -0.05) is 37.3 Å². The zero-order valence-corrected chi connectivity index (χ0v) is 11.6. The number of amides is 1. The first-order chi connectivity index (χ1) is 9.13. The number of aromatic nitrogens is 1. The van der Waals surface area contributed by atoms with Crippen molar-refractivity contribution in [2.24, 2.45) is 11.1 Å². The Bertz CT molecular complexity index is 602. The highest BCUT2D eigenvalue weighted by atomic mass is 32.1. The maximum absolute atomic E-state index is 11.6. The van der Waals surface area contributed by atoms with Crippen molar-refractivity contribution in [3.05, 3.63) is 41.4 Å². The molecule has 19 heavy (non-hydrogen) atoms. The number of nitrogens with zero attached hydrogens (tertiary/aromatic N) is 1. The van der Waals surface area contributed by atoms with Gasteiger partial charge in [-0.3, -0.25) is 4.79 Å². The zero-order chi connectivity index (χ0) is 13.5. The third kappa shape index (κ3) is 2.06. The first-order valence-corrected chi connectivity index (χ1v) is 7.26. The van der Waals surface area contributed by atoms with E-state index in [0.29, 0.717) is 0 Å². The lowest BCUT2D eigenvalue weighted by Crippen LogP contribution is -2.28. The number of hydrogen-bond donors (Lipinski definition) is 1.